The number of nitrogens with zero attached hydrogens (tertiary/aromatic N) is 1. The molecule has 2 atom stereocenters. The number of anilines is 1. The van der Waals surface area contributed by atoms with E-state index in [0.29, 0.717) is 22.6 Å². The molecule has 6 nitrogen and oxygen atoms in total. The monoisotopic (exact) mass is 387 g/mol. The van der Waals surface area contributed by atoms with Crippen molar-refractivity contribution in [2.75, 3.05) is 12.4 Å². The number of nitroso groups, excluding NO2 is 1. The maximum absolute atomic E-state index is 13.3. The van der Waals surface area contributed by atoms with Crippen molar-refractivity contribution in [1.82, 2.24) is 0 Å². The highest BCUT2D eigenvalue weighted by Gasteiger charge is 2.33. The summed E-state index contributed by atoms with van der Waals surface area (Å²) in [5.41, 5.74) is 1.69. The second-order valence-electron chi connectivity index (χ2n) is 6.41. The van der Waals surface area contributed by atoms with Crippen LogP contribution < -0.4 is 10.1 Å². The van der Waals surface area contributed by atoms with Gasteiger partial charge in [0.05, 0.1) is 12.8 Å². The van der Waals surface area contributed by atoms with Crippen LogP contribution in [0, 0.1) is 10.3 Å². The fourth-order valence-electron chi connectivity index (χ4n) is 3.02. The van der Waals surface area contributed by atoms with E-state index in [4.69, 9.17) is 10.1 Å². The Balaban J connectivity index is 1.95. The van der Waals surface area contributed by atoms with E-state index in [-0.39, 0.29) is 5.71 Å². The molecule has 3 rings (SSSR count). The lowest BCUT2D eigenvalue weighted by Crippen LogP contribution is -2.35. The van der Waals surface area contributed by atoms with Crippen molar-refractivity contribution < 1.29 is 9.53 Å². The number of nitrogens with one attached hydrogen (secondary N) is 2. The van der Waals surface area contributed by atoms with Gasteiger partial charge in [-0.2, -0.15) is 0 Å². The van der Waals surface area contributed by atoms with Gasteiger partial charge in [0.25, 0.3) is 0 Å². The molecule has 0 spiro atoms. The fraction of sp³-hybridized carbons (Fsp3) is 0.130. The summed E-state index contributed by atoms with van der Waals surface area (Å²) in [6.07, 6.45) is 0. The van der Waals surface area contributed by atoms with Crippen LogP contribution in [0.5, 0.6) is 5.75 Å². The molecule has 29 heavy (non-hydrogen) atoms. The maximum atomic E-state index is 13.3. The minimum Gasteiger partial charge on any atom is -0.497 e. The maximum Gasteiger partial charge on any atom is 0.194 e. The van der Waals surface area contributed by atoms with Crippen LogP contribution in [0.15, 0.2) is 90.1 Å². The summed E-state index contributed by atoms with van der Waals surface area (Å²) in [5.74, 6) is 0.138. The molecule has 0 heterocycles. The fourth-order valence-corrected chi connectivity index (χ4v) is 3.02. The van der Waals surface area contributed by atoms with Crippen LogP contribution in [0.2, 0.25) is 0 Å². The number of carbonyl (C=O) groups is 1. The summed E-state index contributed by atoms with van der Waals surface area (Å²) in [6, 6.07) is 22.6. The first-order chi connectivity index (χ1) is 14.1. The van der Waals surface area contributed by atoms with Gasteiger partial charge in [0.1, 0.15) is 11.8 Å². The summed E-state index contributed by atoms with van der Waals surface area (Å²) >= 11 is 0. The Bertz CT molecular complexity index is 991. The molecular formula is C23H21N3O3. The zero-order valence-corrected chi connectivity index (χ0v) is 15.9. The van der Waals surface area contributed by atoms with Gasteiger partial charge in [-0.15, -0.1) is 4.91 Å². The summed E-state index contributed by atoms with van der Waals surface area (Å²) in [6.45, 7) is 0. The van der Waals surface area contributed by atoms with Crippen LogP contribution >= 0.6 is 0 Å². The lowest BCUT2D eigenvalue weighted by Gasteiger charge is -2.22. The molecule has 0 aliphatic rings. The van der Waals surface area contributed by atoms with Crippen LogP contribution in [-0.4, -0.2) is 24.6 Å². The number of hydrogen-bond acceptors (Lipinski definition) is 6. The minimum atomic E-state index is -1.43. The Labute approximate surface area is 169 Å². The number of ether oxygens (including phenoxy) is 1. The second kappa shape index (κ2) is 9.41. The van der Waals surface area contributed by atoms with E-state index in [1.165, 1.54) is 0 Å². The molecule has 0 fully saturated rings. The summed E-state index contributed by atoms with van der Waals surface area (Å²) < 4.78 is 5.24. The van der Waals surface area contributed by atoms with Crippen LogP contribution in [0.25, 0.3) is 0 Å². The molecule has 0 amide bonds. The molecule has 0 bridgehead atoms. The highest BCUT2D eigenvalue weighted by molar-refractivity contribution is 6.17. The van der Waals surface area contributed by atoms with Gasteiger partial charge in [0.2, 0.25) is 0 Å². The first-order valence-corrected chi connectivity index (χ1v) is 9.09. The van der Waals surface area contributed by atoms with E-state index >= 15 is 0 Å². The largest absolute Gasteiger partial charge is 0.497 e. The van der Waals surface area contributed by atoms with E-state index in [9.17, 15) is 9.70 Å². The minimum absolute atomic E-state index is 0.126. The normalized spacial score (nSPS) is 12.4. The number of ketones is 1. The van der Waals surface area contributed by atoms with Crippen molar-refractivity contribution in [3.05, 3.63) is 101 Å². The van der Waals surface area contributed by atoms with Crippen molar-refractivity contribution in [2.45, 2.75) is 12.1 Å². The average Bonchev–Trinajstić information content (AvgIpc) is 2.79. The Morgan fingerprint density at radius 2 is 1.62 bits per heavy atom. The van der Waals surface area contributed by atoms with Crippen molar-refractivity contribution >= 4 is 17.2 Å². The quantitative estimate of drug-likeness (QED) is 0.414. The standard InChI is InChI=1S/C23H21N3O3/c1-29-19-14-8-13-18(15-19)25-21(17-11-6-3-7-12-17)23(27)22(26-28)20(24)16-9-4-2-5-10-16/h2-15,21-22,24-25H,1H3. The number of Topliss-reactive ketones (excluding diaryl/α,β-unsaturated/α-hetero) is 1. The molecule has 0 aromatic heterocycles. The zero-order chi connectivity index (χ0) is 20.6. The Morgan fingerprint density at radius 1 is 0.966 bits per heavy atom. The predicted octanol–water partition coefficient (Wildman–Crippen LogP) is 4.62. The Hall–Kier alpha value is -3.80. The van der Waals surface area contributed by atoms with Crippen molar-refractivity contribution in [3.63, 3.8) is 0 Å². The zero-order valence-electron chi connectivity index (χ0n) is 15.9. The molecule has 0 aliphatic heterocycles. The molecule has 0 saturated carbocycles. The topological polar surface area (TPSA) is 91.6 Å². The number of hydrogen-bond donors (Lipinski definition) is 2. The molecule has 6 heteroatoms. The lowest BCUT2D eigenvalue weighted by atomic mass is 9.92. The van der Waals surface area contributed by atoms with Crippen LogP contribution in [-0.2, 0) is 4.79 Å². The third-order valence-corrected chi connectivity index (χ3v) is 4.53. The van der Waals surface area contributed by atoms with Crippen LogP contribution in [0.3, 0.4) is 0 Å². The van der Waals surface area contributed by atoms with E-state index in [1.54, 1.807) is 73.8 Å². The van der Waals surface area contributed by atoms with Crippen LogP contribution in [0.4, 0.5) is 5.69 Å². The molecule has 146 valence electrons. The van der Waals surface area contributed by atoms with E-state index in [0.717, 1.165) is 0 Å². The first kappa shape index (κ1) is 19.9. The summed E-state index contributed by atoms with van der Waals surface area (Å²) in [7, 11) is 1.56. The van der Waals surface area contributed by atoms with Crippen molar-refractivity contribution in [1.29, 1.82) is 5.41 Å². The smallest absolute Gasteiger partial charge is 0.194 e. The number of rotatable bonds is 9. The van der Waals surface area contributed by atoms with Crippen molar-refractivity contribution in [2.24, 2.45) is 5.18 Å². The SMILES string of the molecule is COc1cccc(NC(C(=O)C(N=O)C(=N)c2ccccc2)c2ccccc2)c1. The van der Waals surface area contributed by atoms with Gasteiger partial charge in [-0.3, -0.25) is 4.79 Å². The number of benzene rings is 3. The molecular weight excluding hydrogens is 366 g/mol. The summed E-state index contributed by atoms with van der Waals surface area (Å²) in [4.78, 5) is 24.9. The highest BCUT2D eigenvalue weighted by atomic mass is 16.5. The molecule has 2 N–H and O–H groups in total. The van der Waals surface area contributed by atoms with Crippen molar-refractivity contribution in [3.8, 4) is 5.75 Å². The third kappa shape index (κ3) is 4.73. The van der Waals surface area contributed by atoms with Gasteiger partial charge in [-0.25, -0.2) is 0 Å². The van der Waals surface area contributed by atoms with Gasteiger partial charge in [0.15, 0.2) is 11.8 Å². The molecule has 0 radical (unpaired) electrons. The molecule has 3 aromatic rings. The van der Waals surface area contributed by atoms with Gasteiger partial charge in [-0.1, -0.05) is 71.9 Å². The molecule has 3 aromatic carbocycles. The van der Waals surface area contributed by atoms with Gasteiger partial charge in [0, 0.05) is 11.8 Å². The molecule has 2 unspecified atom stereocenters. The second-order valence-corrected chi connectivity index (χ2v) is 6.41. The average molecular weight is 387 g/mol. The number of methoxy groups -OCH3 is 1. The van der Waals surface area contributed by atoms with Gasteiger partial charge in [-0.05, 0) is 23.3 Å². The van der Waals surface area contributed by atoms with Gasteiger partial charge < -0.3 is 15.5 Å². The van der Waals surface area contributed by atoms with E-state index in [1.807, 2.05) is 18.2 Å². The molecule has 0 aliphatic carbocycles. The first-order valence-electron chi connectivity index (χ1n) is 9.09. The lowest BCUT2D eigenvalue weighted by molar-refractivity contribution is -0.119. The van der Waals surface area contributed by atoms with E-state index < -0.39 is 17.9 Å². The van der Waals surface area contributed by atoms with E-state index in [2.05, 4.69) is 10.5 Å². The summed E-state index contributed by atoms with van der Waals surface area (Å²) in [5, 5.41) is 14.5. The van der Waals surface area contributed by atoms with Gasteiger partial charge >= 0.3 is 0 Å². The number of carbonyl (C=O) groups excluding carboxylic acids is 1. The third-order valence-electron chi connectivity index (χ3n) is 4.53. The van der Waals surface area contributed by atoms with Crippen LogP contribution in [0.1, 0.15) is 17.2 Å². The Morgan fingerprint density at radius 3 is 2.24 bits per heavy atom. The Kier molecular flexibility index (Phi) is 6.47. The molecule has 0 saturated heterocycles. The highest BCUT2D eigenvalue weighted by Crippen LogP contribution is 2.26. The predicted molar refractivity (Wildman–Crippen MR) is 114 cm³/mol.